The number of aromatic hydroxyl groups is 1. The predicted octanol–water partition coefficient (Wildman–Crippen LogP) is 3.87. The fraction of sp³-hybridized carbons (Fsp3) is 0.0909. The lowest BCUT2D eigenvalue weighted by molar-refractivity contribution is 0.475. The first-order valence-electron chi connectivity index (χ1n) is 5.07. The number of anilines is 1. The van der Waals surface area contributed by atoms with Crippen LogP contribution in [0.4, 0.5) is 5.69 Å². The molecule has 2 aromatic rings. The van der Waals surface area contributed by atoms with Gasteiger partial charge in [0.25, 0.3) is 10.0 Å². The van der Waals surface area contributed by atoms with E-state index in [0.717, 1.165) is 11.3 Å². The molecular formula is C11H9Cl2NO3S2. The second-order valence-corrected chi connectivity index (χ2v) is 7.76. The Morgan fingerprint density at radius 2 is 1.95 bits per heavy atom. The van der Waals surface area contributed by atoms with Gasteiger partial charge < -0.3 is 5.11 Å². The number of hydrogen-bond acceptors (Lipinski definition) is 4. The Labute approximate surface area is 124 Å². The van der Waals surface area contributed by atoms with Gasteiger partial charge in [-0.15, -0.1) is 11.3 Å². The van der Waals surface area contributed by atoms with Crippen molar-refractivity contribution < 1.29 is 13.5 Å². The Morgan fingerprint density at radius 1 is 1.26 bits per heavy atom. The molecule has 0 bridgehead atoms. The van der Waals surface area contributed by atoms with Crippen LogP contribution in [0.3, 0.4) is 0 Å². The predicted molar refractivity (Wildman–Crippen MR) is 78.0 cm³/mol. The molecule has 0 aliphatic carbocycles. The number of sulfonamides is 1. The van der Waals surface area contributed by atoms with Crippen molar-refractivity contribution in [3.63, 3.8) is 0 Å². The first-order chi connectivity index (χ1) is 8.79. The number of benzene rings is 1. The maximum Gasteiger partial charge on any atom is 0.271 e. The van der Waals surface area contributed by atoms with Gasteiger partial charge in [-0.3, -0.25) is 4.72 Å². The minimum absolute atomic E-state index is 0.0700. The van der Waals surface area contributed by atoms with E-state index in [0.29, 0.717) is 9.90 Å². The summed E-state index contributed by atoms with van der Waals surface area (Å²) in [5.74, 6) is -0.111. The van der Waals surface area contributed by atoms with E-state index in [1.807, 2.05) is 0 Å². The molecule has 0 amide bonds. The highest BCUT2D eigenvalue weighted by atomic mass is 35.5. The van der Waals surface area contributed by atoms with Crippen molar-refractivity contribution in [2.75, 3.05) is 4.72 Å². The van der Waals surface area contributed by atoms with Crippen LogP contribution in [0.1, 0.15) is 5.56 Å². The van der Waals surface area contributed by atoms with E-state index in [9.17, 15) is 13.5 Å². The molecule has 1 aromatic carbocycles. The normalized spacial score (nSPS) is 11.5. The molecule has 1 heterocycles. The number of hydrogen-bond donors (Lipinski definition) is 2. The molecule has 102 valence electrons. The van der Waals surface area contributed by atoms with E-state index >= 15 is 0 Å². The number of phenols is 1. The summed E-state index contributed by atoms with van der Waals surface area (Å²) in [6.45, 7) is 1.73. The van der Waals surface area contributed by atoms with Crippen molar-refractivity contribution in [1.29, 1.82) is 0 Å². The molecule has 8 heteroatoms. The van der Waals surface area contributed by atoms with Crippen LogP contribution < -0.4 is 4.72 Å². The number of rotatable bonds is 3. The van der Waals surface area contributed by atoms with Crippen molar-refractivity contribution in [3.05, 3.63) is 39.2 Å². The van der Waals surface area contributed by atoms with Crippen molar-refractivity contribution >= 4 is 50.2 Å². The van der Waals surface area contributed by atoms with Crippen molar-refractivity contribution in [1.82, 2.24) is 0 Å². The fourth-order valence-corrected chi connectivity index (χ4v) is 4.28. The molecule has 2 N–H and O–H groups in total. The Morgan fingerprint density at radius 3 is 2.47 bits per heavy atom. The van der Waals surface area contributed by atoms with Gasteiger partial charge in [0, 0.05) is 0 Å². The second-order valence-electron chi connectivity index (χ2n) is 3.79. The Kier molecular flexibility index (Phi) is 3.96. The average molecular weight is 338 g/mol. The summed E-state index contributed by atoms with van der Waals surface area (Å²) in [7, 11) is -3.70. The van der Waals surface area contributed by atoms with Crippen LogP contribution in [-0.4, -0.2) is 13.5 Å². The molecule has 0 saturated heterocycles. The van der Waals surface area contributed by atoms with Gasteiger partial charge in [-0.25, -0.2) is 8.42 Å². The van der Waals surface area contributed by atoms with Gasteiger partial charge in [-0.1, -0.05) is 23.2 Å². The SMILES string of the molecule is Cc1cc(S(=O)(=O)Nc2ccc(O)c(Cl)c2)sc1Cl. The van der Waals surface area contributed by atoms with E-state index in [4.69, 9.17) is 23.2 Å². The topological polar surface area (TPSA) is 66.4 Å². The van der Waals surface area contributed by atoms with Gasteiger partial charge in [0.1, 0.15) is 9.96 Å². The maximum atomic E-state index is 12.1. The largest absolute Gasteiger partial charge is 0.506 e. The molecule has 0 fully saturated rings. The van der Waals surface area contributed by atoms with Crippen molar-refractivity contribution in [2.45, 2.75) is 11.1 Å². The molecule has 1 aromatic heterocycles. The monoisotopic (exact) mass is 337 g/mol. The molecule has 4 nitrogen and oxygen atoms in total. The van der Waals surface area contributed by atoms with Gasteiger partial charge in [-0.2, -0.15) is 0 Å². The first-order valence-corrected chi connectivity index (χ1v) is 8.12. The van der Waals surface area contributed by atoms with Crippen molar-refractivity contribution in [2.24, 2.45) is 0 Å². The third-order valence-corrected chi connectivity index (χ3v) is 6.01. The standard InChI is InChI=1S/C11H9Cl2NO3S2/c1-6-4-10(18-11(6)13)19(16,17)14-7-2-3-9(15)8(12)5-7/h2-5,14-15H,1H3. The summed E-state index contributed by atoms with van der Waals surface area (Å²) in [5, 5.41) is 9.34. The second kappa shape index (κ2) is 5.20. The molecular weight excluding hydrogens is 329 g/mol. The third kappa shape index (κ3) is 3.14. The van der Waals surface area contributed by atoms with E-state index < -0.39 is 10.0 Å². The Balaban J connectivity index is 2.33. The molecule has 0 aliphatic rings. The van der Waals surface area contributed by atoms with Crippen LogP contribution in [-0.2, 0) is 10.0 Å². The number of thiophene rings is 1. The number of halogens is 2. The number of phenolic OH excluding ortho intramolecular Hbond substituents is 1. The minimum Gasteiger partial charge on any atom is -0.506 e. The average Bonchev–Trinajstić information content (AvgIpc) is 2.65. The maximum absolute atomic E-state index is 12.1. The summed E-state index contributed by atoms with van der Waals surface area (Å²) in [5.41, 5.74) is 0.973. The zero-order valence-electron chi connectivity index (χ0n) is 9.65. The third-order valence-electron chi connectivity index (χ3n) is 2.30. The quantitative estimate of drug-likeness (QED) is 0.835. The van der Waals surface area contributed by atoms with Crippen LogP contribution in [0.25, 0.3) is 0 Å². The van der Waals surface area contributed by atoms with E-state index in [-0.39, 0.29) is 20.7 Å². The van der Waals surface area contributed by atoms with Gasteiger partial charge in [0.05, 0.1) is 15.0 Å². The molecule has 2 rings (SSSR count). The number of nitrogens with one attached hydrogen (secondary N) is 1. The molecule has 0 unspecified atom stereocenters. The van der Waals surface area contributed by atoms with Crippen LogP contribution in [0.15, 0.2) is 28.5 Å². The highest BCUT2D eigenvalue weighted by Gasteiger charge is 2.18. The number of aryl methyl sites for hydroxylation is 1. The van der Waals surface area contributed by atoms with Crippen LogP contribution in [0.5, 0.6) is 5.75 Å². The van der Waals surface area contributed by atoms with E-state index in [1.165, 1.54) is 24.3 Å². The Hall–Kier alpha value is -0.950. The molecule has 0 spiro atoms. The summed E-state index contributed by atoms with van der Waals surface area (Å²) in [6, 6.07) is 5.56. The van der Waals surface area contributed by atoms with Crippen molar-refractivity contribution in [3.8, 4) is 5.75 Å². The molecule has 0 atom stereocenters. The van der Waals surface area contributed by atoms with Gasteiger partial charge in [0.2, 0.25) is 0 Å². The molecule has 19 heavy (non-hydrogen) atoms. The van der Waals surface area contributed by atoms with E-state index in [1.54, 1.807) is 6.92 Å². The molecule has 0 saturated carbocycles. The highest BCUT2D eigenvalue weighted by Crippen LogP contribution is 2.32. The summed E-state index contributed by atoms with van der Waals surface area (Å²) in [4.78, 5) is 0. The summed E-state index contributed by atoms with van der Waals surface area (Å²) >= 11 is 12.6. The van der Waals surface area contributed by atoms with E-state index in [2.05, 4.69) is 4.72 Å². The zero-order chi connectivity index (χ0) is 14.2. The summed E-state index contributed by atoms with van der Waals surface area (Å²) in [6.07, 6.45) is 0. The molecule has 0 radical (unpaired) electrons. The van der Waals surface area contributed by atoms with Crippen LogP contribution in [0, 0.1) is 6.92 Å². The van der Waals surface area contributed by atoms with Crippen LogP contribution >= 0.6 is 34.5 Å². The fourth-order valence-electron chi connectivity index (χ4n) is 1.34. The smallest absolute Gasteiger partial charge is 0.271 e. The Bertz CT molecular complexity index is 706. The lowest BCUT2D eigenvalue weighted by atomic mass is 10.3. The molecule has 0 aliphatic heterocycles. The van der Waals surface area contributed by atoms with Gasteiger partial charge in [-0.05, 0) is 36.8 Å². The van der Waals surface area contributed by atoms with Gasteiger partial charge >= 0.3 is 0 Å². The minimum atomic E-state index is -3.70. The summed E-state index contributed by atoms with van der Waals surface area (Å²) < 4.78 is 27.1. The van der Waals surface area contributed by atoms with Crippen LogP contribution in [0.2, 0.25) is 9.36 Å². The highest BCUT2D eigenvalue weighted by molar-refractivity contribution is 7.94. The first kappa shape index (κ1) is 14.5. The van der Waals surface area contributed by atoms with Gasteiger partial charge in [0.15, 0.2) is 0 Å². The lowest BCUT2D eigenvalue weighted by Gasteiger charge is -2.07. The lowest BCUT2D eigenvalue weighted by Crippen LogP contribution is -2.11. The zero-order valence-corrected chi connectivity index (χ0v) is 12.8.